The van der Waals surface area contributed by atoms with Gasteiger partial charge in [0, 0.05) is 7.05 Å². The number of rotatable bonds is 2. The molecule has 2 aliphatic rings. The summed E-state index contributed by atoms with van der Waals surface area (Å²) in [4.78, 5) is 14.6. The third-order valence-corrected chi connectivity index (χ3v) is 6.89. The molecule has 124 valence electrons. The van der Waals surface area contributed by atoms with Gasteiger partial charge in [-0.25, -0.2) is 8.42 Å². The van der Waals surface area contributed by atoms with Gasteiger partial charge in [0.1, 0.15) is 0 Å². The van der Waals surface area contributed by atoms with E-state index in [4.69, 9.17) is 0 Å². The van der Waals surface area contributed by atoms with E-state index in [1.807, 2.05) is 24.3 Å². The number of sulfone groups is 1. The number of carbonyl (C=O) groups excluding carboxylic acids is 1. The molecule has 0 saturated carbocycles. The van der Waals surface area contributed by atoms with E-state index in [9.17, 15) is 13.2 Å². The van der Waals surface area contributed by atoms with Crippen LogP contribution in [0.25, 0.3) is 11.1 Å². The summed E-state index contributed by atoms with van der Waals surface area (Å²) in [6.45, 7) is 0. The van der Waals surface area contributed by atoms with Crippen molar-refractivity contribution in [3.05, 3.63) is 59.7 Å². The average Bonchev–Trinajstić information content (AvgIpc) is 3.11. The summed E-state index contributed by atoms with van der Waals surface area (Å²) in [5.74, 6) is -0.395. The Bertz CT molecular complexity index is 874. The zero-order valence-electron chi connectivity index (χ0n) is 13.5. The van der Waals surface area contributed by atoms with Crippen LogP contribution in [0.2, 0.25) is 0 Å². The molecule has 1 atom stereocenters. The first-order chi connectivity index (χ1) is 11.5. The van der Waals surface area contributed by atoms with Crippen LogP contribution in [-0.4, -0.2) is 37.8 Å². The van der Waals surface area contributed by atoms with E-state index in [0.717, 1.165) is 22.3 Å². The zero-order valence-corrected chi connectivity index (χ0v) is 14.3. The molecular weight excluding hydrogens is 322 g/mol. The minimum absolute atomic E-state index is 0.0216. The van der Waals surface area contributed by atoms with Crippen LogP contribution < -0.4 is 0 Å². The van der Waals surface area contributed by atoms with E-state index in [1.165, 1.54) is 0 Å². The first-order valence-electron chi connectivity index (χ1n) is 8.13. The maximum atomic E-state index is 12.9. The van der Waals surface area contributed by atoms with Crippen molar-refractivity contribution in [2.24, 2.45) is 5.92 Å². The van der Waals surface area contributed by atoms with Gasteiger partial charge in [-0.2, -0.15) is 0 Å². The minimum Gasteiger partial charge on any atom is -0.334 e. The third-order valence-electron chi connectivity index (χ3n) is 5.12. The van der Waals surface area contributed by atoms with Gasteiger partial charge in [0.25, 0.3) is 0 Å². The van der Waals surface area contributed by atoms with E-state index >= 15 is 0 Å². The highest BCUT2D eigenvalue weighted by Gasteiger charge is 2.39. The minimum atomic E-state index is -3.07. The van der Waals surface area contributed by atoms with Crippen molar-refractivity contribution in [3.8, 4) is 11.1 Å². The highest BCUT2D eigenvalue weighted by atomic mass is 32.2. The number of carbonyl (C=O) groups is 1. The molecule has 1 aliphatic carbocycles. The second kappa shape index (κ2) is 5.45. The molecule has 1 amide bonds. The van der Waals surface area contributed by atoms with Gasteiger partial charge in [-0.1, -0.05) is 48.5 Å². The van der Waals surface area contributed by atoms with E-state index in [2.05, 4.69) is 24.3 Å². The van der Waals surface area contributed by atoms with Crippen molar-refractivity contribution in [1.29, 1.82) is 0 Å². The quantitative estimate of drug-likeness (QED) is 0.844. The fourth-order valence-electron chi connectivity index (χ4n) is 3.95. The molecule has 4 nitrogen and oxygen atoms in total. The molecular formula is C19H19NO3S. The predicted octanol–water partition coefficient (Wildman–Crippen LogP) is 2.65. The van der Waals surface area contributed by atoms with Gasteiger partial charge in [-0.3, -0.25) is 4.79 Å². The number of fused-ring (bicyclic) bond motifs is 3. The molecule has 0 N–H and O–H groups in total. The Hall–Kier alpha value is -2.14. The van der Waals surface area contributed by atoms with Gasteiger partial charge in [-0.05, 0) is 28.7 Å². The second-order valence-corrected chi connectivity index (χ2v) is 8.85. The highest BCUT2D eigenvalue weighted by molar-refractivity contribution is 7.91. The topological polar surface area (TPSA) is 54.5 Å². The lowest BCUT2D eigenvalue weighted by atomic mass is 10.0. The van der Waals surface area contributed by atoms with Crippen LogP contribution in [0.1, 0.15) is 23.6 Å². The summed E-state index contributed by atoms with van der Waals surface area (Å²) in [6, 6.07) is 16.1. The number of amides is 1. The van der Waals surface area contributed by atoms with E-state index in [-0.39, 0.29) is 23.5 Å². The van der Waals surface area contributed by atoms with Gasteiger partial charge < -0.3 is 4.90 Å². The lowest BCUT2D eigenvalue weighted by molar-refractivity contribution is -0.134. The van der Waals surface area contributed by atoms with Crippen molar-refractivity contribution in [2.45, 2.75) is 12.5 Å². The normalized spacial score (nSPS) is 21.3. The molecule has 24 heavy (non-hydrogen) atoms. The van der Waals surface area contributed by atoms with Crippen LogP contribution in [0.3, 0.4) is 0 Å². The standard InChI is InChI=1S/C19H19NO3S/c1-20(19(21)13-10-11-24(22,23)12-13)18-16-8-4-2-6-14(16)15-7-3-5-9-17(15)18/h2-9,13,18H,10-12H2,1H3. The Labute approximate surface area is 142 Å². The molecule has 0 radical (unpaired) electrons. The summed E-state index contributed by atoms with van der Waals surface area (Å²) in [5.41, 5.74) is 4.51. The van der Waals surface area contributed by atoms with Gasteiger partial charge in [-0.15, -0.1) is 0 Å². The summed E-state index contributed by atoms with van der Waals surface area (Å²) in [5, 5.41) is 0. The van der Waals surface area contributed by atoms with Crippen molar-refractivity contribution in [2.75, 3.05) is 18.6 Å². The van der Waals surface area contributed by atoms with Gasteiger partial charge in [0.2, 0.25) is 5.91 Å². The zero-order chi connectivity index (χ0) is 16.9. The van der Waals surface area contributed by atoms with Crippen LogP contribution in [0.15, 0.2) is 48.5 Å². The maximum absolute atomic E-state index is 12.9. The van der Waals surface area contributed by atoms with Crippen molar-refractivity contribution < 1.29 is 13.2 Å². The van der Waals surface area contributed by atoms with Crippen LogP contribution >= 0.6 is 0 Å². The summed E-state index contributed by atoms with van der Waals surface area (Å²) in [7, 11) is -1.28. The second-order valence-electron chi connectivity index (χ2n) is 6.63. The average molecular weight is 341 g/mol. The van der Waals surface area contributed by atoms with Crippen molar-refractivity contribution in [1.82, 2.24) is 4.90 Å². The number of hydrogen-bond donors (Lipinski definition) is 0. The third kappa shape index (κ3) is 2.35. The first kappa shape index (κ1) is 15.4. The van der Waals surface area contributed by atoms with Crippen molar-refractivity contribution >= 4 is 15.7 Å². The number of benzene rings is 2. The Kier molecular flexibility index (Phi) is 3.49. The number of hydrogen-bond acceptors (Lipinski definition) is 3. The maximum Gasteiger partial charge on any atom is 0.227 e. The van der Waals surface area contributed by atoms with Gasteiger partial charge in [0.05, 0.1) is 23.5 Å². The Morgan fingerprint density at radius 1 is 1.00 bits per heavy atom. The molecule has 4 rings (SSSR count). The SMILES string of the molecule is CN(C(=O)C1CCS(=O)(=O)C1)C1c2ccccc2-c2ccccc21. The molecule has 5 heteroatoms. The van der Waals surface area contributed by atoms with Gasteiger partial charge >= 0.3 is 0 Å². The summed E-state index contributed by atoms with van der Waals surface area (Å²) < 4.78 is 23.4. The smallest absolute Gasteiger partial charge is 0.227 e. The number of nitrogens with zero attached hydrogens (tertiary/aromatic N) is 1. The van der Waals surface area contributed by atoms with Crippen LogP contribution in [0.4, 0.5) is 0 Å². The largest absolute Gasteiger partial charge is 0.334 e. The van der Waals surface area contributed by atoms with Crippen LogP contribution in [0.5, 0.6) is 0 Å². The molecule has 1 aliphatic heterocycles. The predicted molar refractivity (Wildman–Crippen MR) is 93.3 cm³/mol. The first-order valence-corrected chi connectivity index (χ1v) is 9.95. The highest BCUT2D eigenvalue weighted by Crippen LogP contribution is 2.46. The molecule has 2 aromatic carbocycles. The molecule has 1 fully saturated rings. The lowest BCUT2D eigenvalue weighted by Crippen LogP contribution is -2.36. The van der Waals surface area contributed by atoms with Crippen LogP contribution in [0, 0.1) is 5.92 Å². The summed E-state index contributed by atoms with van der Waals surface area (Å²) >= 11 is 0. The molecule has 1 heterocycles. The lowest BCUT2D eigenvalue weighted by Gasteiger charge is -2.28. The van der Waals surface area contributed by atoms with E-state index < -0.39 is 15.8 Å². The Morgan fingerprint density at radius 3 is 2.04 bits per heavy atom. The van der Waals surface area contributed by atoms with Crippen molar-refractivity contribution in [3.63, 3.8) is 0 Å². The molecule has 0 aromatic heterocycles. The molecule has 1 saturated heterocycles. The molecule has 2 aromatic rings. The Morgan fingerprint density at radius 2 is 1.54 bits per heavy atom. The van der Waals surface area contributed by atoms with Gasteiger partial charge in [0.15, 0.2) is 9.84 Å². The fraction of sp³-hybridized carbons (Fsp3) is 0.316. The Balaban J connectivity index is 1.72. The van der Waals surface area contributed by atoms with E-state index in [1.54, 1.807) is 11.9 Å². The monoisotopic (exact) mass is 341 g/mol. The fourth-order valence-corrected chi connectivity index (χ4v) is 5.68. The molecule has 1 unspecified atom stereocenters. The van der Waals surface area contributed by atoms with E-state index in [0.29, 0.717) is 6.42 Å². The molecule has 0 spiro atoms. The molecule has 0 bridgehead atoms. The summed E-state index contributed by atoms with van der Waals surface area (Å²) in [6.07, 6.45) is 0.432. The van der Waals surface area contributed by atoms with Crippen LogP contribution in [-0.2, 0) is 14.6 Å².